The van der Waals surface area contributed by atoms with Crippen LogP contribution in [0.3, 0.4) is 0 Å². The van der Waals surface area contributed by atoms with Gasteiger partial charge in [0.15, 0.2) is 0 Å². The van der Waals surface area contributed by atoms with Gasteiger partial charge in [0.25, 0.3) is 0 Å². The quantitative estimate of drug-likeness (QED) is 0.853. The first kappa shape index (κ1) is 11.0. The Morgan fingerprint density at radius 3 is 2.62 bits per heavy atom. The van der Waals surface area contributed by atoms with Crippen molar-refractivity contribution in [3.63, 3.8) is 0 Å². The van der Waals surface area contributed by atoms with Crippen molar-refractivity contribution in [1.82, 2.24) is 4.98 Å². The Balaban J connectivity index is 2.56. The number of pyridine rings is 1. The van der Waals surface area contributed by atoms with E-state index in [-0.39, 0.29) is 0 Å². The zero-order chi connectivity index (χ0) is 11.5. The van der Waals surface area contributed by atoms with Crippen LogP contribution in [0.15, 0.2) is 36.4 Å². The second kappa shape index (κ2) is 4.54. The molecule has 0 aliphatic rings. The molecule has 0 aliphatic heterocycles. The smallest absolute Gasteiger partial charge is 0.126 e. The highest BCUT2D eigenvalue weighted by molar-refractivity contribution is 6.33. The van der Waals surface area contributed by atoms with Crippen LogP contribution in [-0.4, -0.2) is 12.0 Å². The molecule has 0 aliphatic carbocycles. The van der Waals surface area contributed by atoms with Gasteiger partial charge in [-0.1, -0.05) is 29.8 Å². The van der Waals surface area contributed by atoms with Gasteiger partial charge in [0, 0.05) is 17.6 Å². The minimum atomic E-state index is 0.725. The number of nitrogens with one attached hydrogen (secondary N) is 1. The first-order chi connectivity index (χ1) is 7.70. The predicted molar refractivity (Wildman–Crippen MR) is 69.0 cm³/mol. The van der Waals surface area contributed by atoms with Crippen LogP contribution in [0.5, 0.6) is 0 Å². The maximum atomic E-state index is 6.15. The molecular weight excluding hydrogens is 220 g/mol. The van der Waals surface area contributed by atoms with Gasteiger partial charge in [0.2, 0.25) is 0 Å². The van der Waals surface area contributed by atoms with E-state index >= 15 is 0 Å². The van der Waals surface area contributed by atoms with Crippen LogP contribution < -0.4 is 5.32 Å². The average molecular weight is 233 g/mol. The topological polar surface area (TPSA) is 24.9 Å². The van der Waals surface area contributed by atoms with Gasteiger partial charge in [-0.2, -0.15) is 0 Å². The molecule has 0 unspecified atom stereocenters. The van der Waals surface area contributed by atoms with E-state index in [1.165, 1.54) is 0 Å². The molecule has 16 heavy (non-hydrogen) atoms. The number of rotatable bonds is 2. The minimum Gasteiger partial charge on any atom is -0.373 e. The molecule has 0 amide bonds. The molecule has 2 aromatic rings. The van der Waals surface area contributed by atoms with Crippen LogP contribution in [-0.2, 0) is 0 Å². The number of hydrogen-bond acceptors (Lipinski definition) is 2. The van der Waals surface area contributed by atoms with Gasteiger partial charge in [0.1, 0.15) is 5.82 Å². The molecule has 1 N–H and O–H groups in total. The Morgan fingerprint density at radius 2 is 1.94 bits per heavy atom. The lowest BCUT2D eigenvalue weighted by Crippen LogP contribution is -1.95. The molecule has 2 rings (SSSR count). The Kier molecular flexibility index (Phi) is 3.11. The van der Waals surface area contributed by atoms with Crippen molar-refractivity contribution in [2.75, 3.05) is 12.4 Å². The Labute approximate surface area is 100 Å². The summed E-state index contributed by atoms with van der Waals surface area (Å²) in [6, 6.07) is 11.8. The molecule has 3 heteroatoms. The normalized spacial score (nSPS) is 10.2. The Morgan fingerprint density at radius 1 is 1.19 bits per heavy atom. The Bertz CT molecular complexity index is 509. The maximum absolute atomic E-state index is 6.15. The molecule has 1 aromatic carbocycles. The van der Waals surface area contributed by atoms with Crippen molar-refractivity contribution < 1.29 is 0 Å². The van der Waals surface area contributed by atoms with Gasteiger partial charge in [-0.05, 0) is 30.7 Å². The predicted octanol–water partition coefficient (Wildman–Crippen LogP) is 3.75. The van der Waals surface area contributed by atoms with Crippen LogP contribution in [0.25, 0.3) is 11.3 Å². The van der Waals surface area contributed by atoms with E-state index in [2.05, 4.69) is 10.3 Å². The number of anilines is 1. The van der Waals surface area contributed by atoms with Gasteiger partial charge >= 0.3 is 0 Å². The molecular formula is C13H13ClN2. The molecule has 0 saturated heterocycles. The summed E-state index contributed by atoms with van der Waals surface area (Å²) in [5, 5.41) is 3.77. The van der Waals surface area contributed by atoms with E-state index in [0.717, 1.165) is 27.7 Å². The number of aromatic nitrogens is 1. The Hall–Kier alpha value is -1.54. The third kappa shape index (κ3) is 2.17. The first-order valence-corrected chi connectivity index (χ1v) is 5.50. The minimum absolute atomic E-state index is 0.725. The zero-order valence-electron chi connectivity index (χ0n) is 9.29. The molecule has 0 fully saturated rings. The van der Waals surface area contributed by atoms with Gasteiger partial charge in [-0.25, -0.2) is 4.98 Å². The van der Waals surface area contributed by atoms with Crippen LogP contribution >= 0.6 is 11.6 Å². The highest BCUT2D eigenvalue weighted by Crippen LogP contribution is 2.27. The number of halogens is 1. The van der Waals surface area contributed by atoms with Crippen molar-refractivity contribution in [2.45, 2.75) is 6.92 Å². The lowest BCUT2D eigenvalue weighted by molar-refractivity contribution is 1.26. The molecule has 2 nitrogen and oxygen atoms in total. The average Bonchev–Trinajstić information content (AvgIpc) is 2.28. The van der Waals surface area contributed by atoms with Crippen molar-refractivity contribution >= 4 is 17.4 Å². The third-order valence-electron chi connectivity index (χ3n) is 2.38. The van der Waals surface area contributed by atoms with Crippen LogP contribution in [0.4, 0.5) is 5.82 Å². The number of nitrogens with zero attached hydrogens (tertiary/aromatic N) is 1. The fourth-order valence-electron chi connectivity index (χ4n) is 1.60. The zero-order valence-corrected chi connectivity index (χ0v) is 10.0. The van der Waals surface area contributed by atoms with Crippen molar-refractivity contribution in [1.29, 1.82) is 0 Å². The molecule has 82 valence electrons. The van der Waals surface area contributed by atoms with Gasteiger partial charge in [-0.15, -0.1) is 0 Å². The van der Waals surface area contributed by atoms with E-state index in [0.29, 0.717) is 0 Å². The van der Waals surface area contributed by atoms with Crippen LogP contribution in [0.2, 0.25) is 5.02 Å². The fraction of sp³-hybridized carbons (Fsp3) is 0.154. The van der Waals surface area contributed by atoms with E-state index < -0.39 is 0 Å². The molecule has 0 radical (unpaired) electrons. The monoisotopic (exact) mass is 232 g/mol. The van der Waals surface area contributed by atoms with Crippen molar-refractivity contribution in [2.24, 2.45) is 0 Å². The molecule has 0 bridgehead atoms. The number of hydrogen-bond donors (Lipinski definition) is 1. The van der Waals surface area contributed by atoms with Crippen LogP contribution in [0, 0.1) is 6.92 Å². The largest absolute Gasteiger partial charge is 0.373 e. The van der Waals surface area contributed by atoms with E-state index in [9.17, 15) is 0 Å². The summed E-state index contributed by atoms with van der Waals surface area (Å²) >= 11 is 6.15. The molecule has 0 spiro atoms. The molecule has 1 aromatic heterocycles. The summed E-state index contributed by atoms with van der Waals surface area (Å²) in [5.41, 5.74) is 3.02. The summed E-state index contributed by atoms with van der Waals surface area (Å²) in [6.07, 6.45) is 0. The van der Waals surface area contributed by atoms with Gasteiger partial charge in [0.05, 0.1) is 5.69 Å². The SMILES string of the molecule is CNc1cc(C)cc(-c2ccccc2Cl)n1. The standard InChI is InChI=1S/C13H13ClN2/c1-9-7-12(16-13(8-9)15-2)10-5-3-4-6-11(10)14/h3-8H,1-2H3,(H,15,16). The highest BCUT2D eigenvalue weighted by atomic mass is 35.5. The van der Waals surface area contributed by atoms with Crippen LogP contribution in [0.1, 0.15) is 5.56 Å². The fourth-order valence-corrected chi connectivity index (χ4v) is 1.83. The van der Waals surface area contributed by atoms with Gasteiger partial charge < -0.3 is 5.32 Å². The number of benzene rings is 1. The summed E-state index contributed by atoms with van der Waals surface area (Å²) < 4.78 is 0. The van der Waals surface area contributed by atoms with E-state index in [4.69, 9.17) is 11.6 Å². The summed E-state index contributed by atoms with van der Waals surface area (Å²) in [5.74, 6) is 0.856. The summed E-state index contributed by atoms with van der Waals surface area (Å²) in [6.45, 7) is 2.04. The van der Waals surface area contributed by atoms with Crippen molar-refractivity contribution in [3.05, 3.63) is 47.0 Å². The second-order valence-corrected chi connectivity index (χ2v) is 4.05. The highest BCUT2D eigenvalue weighted by Gasteiger charge is 2.05. The molecule has 1 heterocycles. The maximum Gasteiger partial charge on any atom is 0.126 e. The summed E-state index contributed by atoms with van der Waals surface area (Å²) in [7, 11) is 1.86. The second-order valence-electron chi connectivity index (χ2n) is 3.64. The lowest BCUT2D eigenvalue weighted by Gasteiger charge is -2.07. The molecule has 0 atom stereocenters. The summed E-state index contributed by atoms with van der Waals surface area (Å²) in [4.78, 5) is 4.49. The van der Waals surface area contributed by atoms with E-state index in [1.54, 1.807) is 0 Å². The van der Waals surface area contributed by atoms with E-state index in [1.807, 2.05) is 50.4 Å². The lowest BCUT2D eigenvalue weighted by atomic mass is 10.1. The molecule has 0 saturated carbocycles. The number of aryl methyl sites for hydroxylation is 1. The first-order valence-electron chi connectivity index (χ1n) is 5.12. The van der Waals surface area contributed by atoms with Crippen molar-refractivity contribution in [3.8, 4) is 11.3 Å². The third-order valence-corrected chi connectivity index (χ3v) is 2.71. The van der Waals surface area contributed by atoms with Gasteiger partial charge in [-0.3, -0.25) is 0 Å².